The lowest BCUT2D eigenvalue weighted by Gasteiger charge is -2.11. The van der Waals surface area contributed by atoms with Gasteiger partial charge in [-0.05, 0) is 30.7 Å². The fraction of sp³-hybridized carbons (Fsp3) is 0.333. The first-order valence-electron chi connectivity index (χ1n) is 4.87. The average molecular weight is 221 g/mol. The second-order valence-corrected chi connectivity index (χ2v) is 3.78. The van der Waals surface area contributed by atoms with Gasteiger partial charge in [0.05, 0.1) is 12.7 Å². The quantitative estimate of drug-likeness (QED) is 0.711. The molecule has 4 heteroatoms. The Labute approximate surface area is 94.8 Å². The number of benzene rings is 1. The van der Waals surface area contributed by atoms with Crippen LogP contribution in [0.15, 0.2) is 18.2 Å². The molecule has 0 bridgehead atoms. The van der Waals surface area contributed by atoms with E-state index in [0.717, 1.165) is 5.56 Å². The van der Waals surface area contributed by atoms with Crippen LogP contribution in [0, 0.1) is 6.92 Å². The number of hydrogen-bond acceptors (Lipinski definition) is 3. The van der Waals surface area contributed by atoms with Crippen LogP contribution in [0.2, 0.25) is 0 Å². The van der Waals surface area contributed by atoms with E-state index in [9.17, 15) is 9.59 Å². The van der Waals surface area contributed by atoms with Gasteiger partial charge < -0.3 is 9.64 Å². The maximum Gasteiger partial charge on any atom is 0.337 e. The number of aryl methyl sites for hydroxylation is 1. The minimum Gasteiger partial charge on any atom is -0.465 e. The Morgan fingerprint density at radius 1 is 1.12 bits per heavy atom. The van der Waals surface area contributed by atoms with E-state index in [2.05, 4.69) is 4.74 Å². The highest BCUT2D eigenvalue weighted by molar-refractivity contribution is 5.98. The van der Waals surface area contributed by atoms with Crippen LogP contribution in [0.4, 0.5) is 0 Å². The fourth-order valence-electron chi connectivity index (χ4n) is 1.40. The summed E-state index contributed by atoms with van der Waals surface area (Å²) in [5, 5.41) is 0. The van der Waals surface area contributed by atoms with Gasteiger partial charge in [0, 0.05) is 19.7 Å². The molecule has 86 valence electrons. The Balaban J connectivity index is 3.18. The summed E-state index contributed by atoms with van der Waals surface area (Å²) < 4.78 is 4.62. The molecule has 4 nitrogen and oxygen atoms in total. The van der Waals surface area contributed by atoms with Crippen molar-refractivity contribution in [2.45, 2.75) is 6.92 Å². The zero-order valence-electron chi connectivity index (χ0n) is 9.90. The topological polar surface area (TPSA) is 46.6 Å². The van der Waals surface area contributed by atoms with Crippen molar-refractivity contribution in [1.82, 2.24) is 4.90 Å². The van der Waals surface area contributed by atoms with Crippen molar-refractivity contribution in [2.24, 2.45) is 0 Å². The number of hydrogen-bond donors (Lipinski definition) is 0. The molecule has 0 radical (unpaired) electrons. The number of carbonyl (C=O) groups is 2. The maximum absolute atomic E-state index is 11.7. The molecule has 1 aromatic carbocycles. The summed E-state index contributed by atoms with van der Waals surface area (Å²) in [6, 6.07) is 4.98. The van der Waals surface area contributed by atoms with Crippen LogP contribution >= 0.6 is 0 Å². The van der Waals surface area contributed by atoms with E-state index in [-0.39, 0.29) is 5.91 Å². The number of ether oxygens (including phenoxy) is 1. The molecule has 0 saturated carbocycles. The van der Waals surface area contributed by atoms with Crippen LogP contribution in [0.5, 0.6) is 0 Å². The smallest absolute Gasteiger partial charge is 0.337 e. The Hall–Kier alpha value is -1.84. The van der Waals surface area contributed by atoms with Crippen LogP contribution < -0.4 is 0 Å². The second-order valence-electron chi connectivity index (χ2n) is 3.78. The van der Waals surface area contributed by atoms with Crippen LogP contribution in [0.3, 0.4) is 0 Å². The largest absolute Gasteiger partial charge is 0.465 e. The minimum atomic E-state index is -0.434. The lowest BCUT2D eigenvalue weighted by Crippen LogP contribution is -2.22. The first-order valence-corrected chi connectivity index (χ1v) is 4.87. The lowest BCUT2D eigenvalue weighted by atomic mass is 10.1. The molecule has 0 unspecified atom stereocenters. The highest BCUT2D eigenvalue weighted by atomic mass is 16.5. The first kappa shape index (κ1) is 12.2. The van der Waals surface area contributed by atoms with Gasteiger partial charge in [0.25, 0.3) is 5.91 Å². The monoisotopic (exact) mass is 221 g/mol. The second kappa shape index (κ2) is 4.79. The summed E-state index contributed by atoms with van der Waals surface area (Å²) in [6.07, 6.45) is 0. The molecule has 0 aromatic heterocycles. The molecule has 1 amide bonds. The van der Waals surface area contributed by atoms with E-state index in [1.165, 1.54) is 12.0 Å². The molecule has 1 aromatic rings. The van der Waals surface area contributed by atoms with Gasteiger partial charge in [-0.1, -0.05) is 0 Å². The van der Waals surface area contributed by atoms with Gasteiger partial charge in [-0.2, -0.15) is 0 Å². The average Bonchev–Trinajstić information content (AvgIpc) is 2.25. The maximum atomic E-state index is 11.7. The number of nitrogens with zero attached hydrogens (tertiary/aromatic N) is 1. The summed E-state index contributed by atoms with van der Waals surface area (Å²) in [6.45, 7) is 1.83. The SMILES string of the molecule is COC(=O)c1cc(C)cc(C(=O)N(C)C)c1. The van der Waals surface area contributed by atoms with E-state index in [0.29, 0.717) is 11.1 Å². The highest BCUT2D eigenvalue weighted by Crippen LogP contribution is 2.12. The van der Waals surface area contributed by atoms with Crippen molar-refractivity contribution in [3.63, 3.8) is 0 Å². The van der Waals surface area contributed by atoms with E-state index < -0.39 is 5.97 Å². The summed E-state index contributed by atoms with van der Waals surface area (Å²) in [7, 11) is 4.66. The van der Waals surface area contributed by atoms with Gasteiger partial charge in [0.1, 0.15) is 0 Å². The Morgan fingerprint density at radius 3 is 2.19 bits per heavy atom. The summed E-state index contributed by atoms with van der Waals surface area (Å²) in [5.74, 6) is -0.564. The standard InChI is InChI=1S/C12H15NO3/c1-8-5-9(11(14)13(2)3)7-10(6-8)12(15)16-4/h5-7H,1-4H3. The van der Waals surface area contributed by atoms with Crippen LogP contribution in [-0.2, 0) is 4.74 Å². The van der Waals surface area contributed by atoms with Gasteiger partial charge in [-0.25, -0.2) is 4.79 Å². The van der Waals surface area contributed by atoms with Crippen molar-refractivity contribution in [3.8, 4) is 0 Å². The molecule has 0 aliphatic carbocycles. The van der Waals surface area contributed by atoms with Gasteiger partial charge in [0.2, 0.25) is 0 Å². The predicted octanol–water partition coefficient (Wildman–Crippen LogP) is 1.48. The molecule has 0 aliphatic rings. The van der Waals surface area contributed by atoms with Gasteiger partial charge in [-0.15, -0.1) is 0 Å². The zero-order chi connectivity index (χ0) is 12.3. The Bertz CT molecular complexity index is 424. The zero-order valence-corrected chi connectivity index (χ0v) is 9.90. The van der Waals surface area contributed by atoms with Crippen molar-refractivity contribution < 1.29 is 14.3 Å². The number of amides is 1. The van der Waals surface area contributed by atoms with Gasteiger partial charge in [-0.3, -0.25) is 4.79 Å². The predicted molar refractivity (Wildman–Crippen MR) is 60.5 cm³/mol. The molecular formula is C12H15NO3. The van der Waals surface area contributed by atoms with E-state index in [4.69, 9.17) is 0 Å². The third-order valence-electron chi connectivity index (χ3n) is 2.15. The number of carbonyl (C=O) groups excluding carboxylic acids is 2. The molecule has 0 spiro atoms. The van der Waals surface area contributed by atoms with Crippen LogP contribution in [0.1, 0.15) is 26.3 Å². The van der Waals surface area contributed by atoms with E-state index in [1.54, 1.807) is 32.3 Å². The van der Waals surface area contributed by atoms with Crippen LogP contribution in [0.25, 0.3) is 0 Å². The number of methoxy groups -OCH3 is 1. The lowest BCUT2D eigenvalue weighted by molar-refractivity contribution is 0.0600. The Kier molecular flexibility index (Phi) is 3.66. The summed E-state index contributed by atoms with van der Waals surface area (Å²) in [4.78, 5) is 24.6. The summed E-state index contributed by atoms with van der Waals surface area (Å²) in [5.41, 5.74) is 1.74. The molecule has 1 rings (SSSR count). The highest BCUT2D eigenvalue weighted by Gasteiger charge is 2.13. The van der Waals surface area contributed by atoms with Crippen molar-refractivity contribution in [2.75, 3.05) is 21.2 Å². The molecule has 0 aliphatic heterocycles. The van der Waals surface area contributed by atoms with Crippen molar-refractivity contribution in [1.29, 1.82) is 0 Å². The fourth-order valence-corrected chi connectivity index (χ4v) is 1.40. The third-order valence-corrected chi connectivity index (χ3v) is 2.15. The molecule has 16 heavy (non-hydrogen) atoms. The Morgan fingerprint density at radius 2 is 1.69 bits per heavy atom. The number of esters is 1. The van der Waals surface area contributed by atoms with Crippen molar-refractivity contribution >= 4 is 11.9 Å². The van der Waals surface area contributed by atoms with Gasteiger partial charge in [0.15, 0.2) is 0 Å². The normalized spacial score (nSPS) is 9.75. The van der Waals surface area contributed by atoms with Gasteiger partial charge >= 0.3 is 5.97 Å². The summed E-state index contributed by atoms with van der Waals surface area (Å²) >= 11 is 0. The first-order chi connectivity index (χ1) is 7.45. The molecular weight excluding hydrogens is 206 g/mol. The minimum absolute atomic E-state index is 0.131. The van der Waals surface area contributed by atoms with Crippen molar-refractivity contribution in [3.05, 3.63) is 34.9 Å². The molecule has 0 N–H and O–H groups in total. The molecule has 0 atom stereocenters. The van der Waals surface area contributed by atoms with E-state index >= 15 is 0 Å². The third kappa shape index (κ3) is 2.59. The molecule has 0 heterocycles. The van der Waals surface area contributed by atoms with E-state index in [1.807, 2.05) is 6.92 Å². The number of rotatable bonds is 2. The van der Waals surface area contributed by atoms with Crippen LogP contribution in [-0.4, -0.2) is 38.0 Å². The molecule has 0 fully saturated rings. The molecule has 0 saturated heterocycles.